The number of fused-ring (bicyclic) bond motifs is 1. The molecule has 162 valence electrons. The first kappa shape index (κ1) is 21.7. The van der Waals surface area contributed by atoms with Crippen LogP contribution >= 0.6 is 11.8 Å². The molecule has 0 saturated carbocycles. The first-order chi connectivity index (χ1) is 14.9. The summed E-state index contributed by atoms with van der Waals surface area (Å²) in [5.41, 5.74) is 5.18. The van der Waals surface area contributed by atoms with Crippen LogP contribution in [-0.4, -0.2) is 34.9 Å². The highest BCUT2D eigenvalue weighted by Gasteiger charge is 2.35. The Morgan fingerprint density at radius 1 is 1.29 bits per heavy atom. The minimum absolute atomic E-state index is 0.0303. The van der Waals surface area contributed by atoms with Gasteiger partial charge in [-0.3, -0.25) is 14.7 Å². The number of carbonyl (C=O) groups excluding carboxylic acids is 1. The van der Waals surface area contributed by atoms with Gasteiger partial charge in [0.05, 0.1) is 17.2 Å². The number of aliphatic hydroxyl groups is 1. The number of aliphatic imine (C=N–C) groups is 1. The van der Waals surface area contributed by atoms with E-state index in [1.165, 1.54) is 11.8 Å². The molecule has 0 aromatic heterocycles. The zero-order valence-corrected chi connectivity index (χ0v) is 19.2. The Bertz CT molecular complexity index is 1070. The van der Waals surface area contributed by atoms with Gasteiger partial charge in [-0.25, -0.2) is 0 Å². The molecule has 4 rings (SSSR count). The Morgan fingerprint density at radius 3 is 2.84 bits per heavy atom. The number of amidine groups is 1. The second-order valence-electron chi connectivity index (χ2n) is 8.30. The van der Waals surface area contributed by atoms with Crippen molar-refractivity contribution in [1.82, 2.24) is 0 Å². The lowest BCUT2D eigenvalue weighted by molar-refractivity contribution is -0.113. The average molecular weight is 437 g/mol. The maximum Gasteiger partial charge on any atom is 0.271 e. The first-order valence-electron chi connectivity index (χ1n) is 10.7. The summed E-state index contributed by atoms with van der Waals surface area (Å²) in [5, 5.41) is 10.1. The number of aliphatic hydroxyl groups excluding tert-OH is 1. The summed E-state index contributed by atoms with van der Waals surface area (Å²) in [7, 11) is 0. The smallest absolute Gasteiger partial charge is 0.271 e. The van der Waals surface area contributed by atoms with Gasteiger partial charge in [-0.1, -0.05) is 18.2 Å². The summed E-state index contributed by atoms with van der Waals surface area (Å²) in [6, 6.07) is 12.1. The van der Waals surface area contributed by atoms with Crippen LogP contribution in [0.1, 0.15) is 42.5 Å². The minimum Gasteiger partial charge on any atom is -0.488 e. The summed E-state index contributed by atoms with van der Waals surface area (Å²) >= 11 is 1.42. The fourth-order valence-electron chi connectivity index (χ4n) is 3.81. The zero-order chi connectivity index (χ0) is 22.1. The van der Waals surface area contributed by atoms with Crippen molar-refractivity contribution in [3.05, 3.63) is 63.6 Å². The van der Waals surface area contributed by atoms with Crippen LogP contribution in [0.3, 0.4) is 0 Å². The monoisotopic (exact) mass is 436 g/mol. The van der Waals surface area contributed by atoms with E-state index in [-0.39, 0.29) is 24.7 Å². The molecule has 1 atom stereocenters. The van der Waals surface area contributed by atoms with Crippen LogP contribution in [0, 0.1) is 13.8 Å². The van der Waals surface area contributed by atoms with Crippen molar-refractivity contribution in [3.63, 3.8) is 0 Å². The fourth-order valence-corrected chi connectivity index (χ4v) is 4.91. The van der Waals surface area contributed by atoms with Gasteiger partial charge in [0.2, 0.25) is 0 Å². The largest absolute Gasteiger partial charge is 0.488 e. The molecule has 2 aromatic rings. The van der Waals surface area contributed by atoms with Crippen LogP contribution < -0.4 is 9.64 Å². The predicted octanol–water partition coefficient (Wildman–Crippen LogP) is 4.87. The summed E-state index contributed by atoms with van der Waals surface area (Å²) in [6.07, 6.45) is 3.45. The van der Waals surface area contributed by atoms with Gasteiger partial charge < -0.3 is 9.84 Å². The molecular weight excluding hydrogens is 408 g/mol. The van der Waals surface area contributed by atoms with Crippen molar-refractivity contribution in [2.24, 2.45) is 4.99 Å². The van der Waals surface area contributed by atoms with Gasteiger partial charge in [0, 0.05) is 6.04 Å². The number of benzene rings is 2. The molecule has 1 fully saturated rings. The number of rotatable bonds is 4. The molecule has 0 bridgehead atoms. The topological polar surface area (TPSA) is 62.1 Å². The van der Waals surface area contributed by atoms with Crippen LogP contribution in [0.25, 0.3) is 6.08 Å². The SMILES string of the molecule is Cc1cccc(N2C(=O)/C(=C/c3ccc4c(c3)CCC(CO)O4)SC2=NC(C)C)c1C. The molecule has 2 heterocycles. The van der Waals surface area contributed by atoms with Gasteiger partial charge in [-0.15, -0.1) is 0 Å². The highest BCUT2D eigenvalue weighted by molar-refractivity contribution is 8.19. The third kappa shape index (κ3) is 4.41. The molecule has 1 unspecified atom stereocenters. The van der Waals surface area contributed by atoms with Crippen molar-refractivity contribution in [2.75, 3.05) is 11.5 Å². The van der Waals surface area contributed by atoms with Gasteiger partial charge in [0.1, 0.15) is 11.9 Å². The maximum absolute atomic E-state index is 13.4. The second-order valence-corrected chi connectivity index (χ2v) is 9.31. The number of hydrogen-bond acceptors (Lipinski definition) is 5. The maximum atomic E-state index is 13.4. The van der Waals surface area contributed by atoms with Crippen LogP contribution in [0.2, 0.25) is 0 Å². The summed E-state index contributed by atoms with van der Waals surface area (Å²) in [6.45, 7) is 8.16. The number of amides is 1. The normalized spacial score (nSPS) is 21.2. The van der Waals surface area contributed by atoms with E-state index in [0.29, 0.717) is 10.1 Å². The molecule has 2 aliphatic rings. The van der Waals surface area contributed by atoms with Crippen LogP contribution in [-0.2, 0) is 11.2 Å². The van der Waals surface area contributed by atoms with E-state index in [9.17, 15) is 9.90 Å². The van der Waals surface area contributed by atoms with Crippen LogP contribution in [0.15, 0.2) is 46.3 Å². The van der Waals surface area contributed by atoms with Crippen molar-refractivity contribution >= 4 is 34.6 Å². The lowest BCUT2D eigenvalue weighted by Gasteiger charge is -2.24. The van der Waals surface area contributed by atoms with E-state index in [4.69, 9.17) is 9.73 Å². The number of anilines is 1. The second kappa shape index (κ2) is 8.89. The zero-order valence-electron chi connectivity index (χ0n) is 18.4. The predicted molar refractivity (Wildman–Crippen MR) is 128 cm³/mol. The van der Waals surface area contributed by atoms with E-state index in [1.54, 1.807) is 4.90 Å². The third-order valence-electron chi connectivity index (χ3n) is 5.61. The lowest BCUT2D eigenvalue weighted by atomic mass is 10.00. The number of ether oxygens (including phenoxy) is 1. The first-order valence-corrected chi connectivity index (χ1v) is 11.5. The quantitative estimate of drug-likeness (QED) is 0.695. The number of hydrogen-bond donors (Lipinski definition) is 1. The number of carbonyl (C=O) groups is 1. The molecular formula is C25H28N2O3S. The number of thioether (sulfide) groups is 1. The van der Waals surface area contributed by atoms with E-state index in [0.717, 1.165) is 46.5 Å². The molecule has 0 spiro atoms. The highest BCUT2D eigenvalue weighted by Crippen LogP contribution is 2.39. The minimum atomic E-state index is -0.135. The van der Waals surface area contributed by atoms with Crippen molar-refractivity contribution < 1.29 is 14.6 Å². The van der Waals surface area contributed by atoms with Gasteiger partial charge >= 0.3 is 0 Å². The van der Waals surface area contributed by atoms with Gasteiger partial charge in [-0.05, 0) is 98.8 Å². The summed E-state index contributed by atoms with van der Waals surface area (Å²) in [5.74, 6) is 0.768. The van der Waals surface area contributed by atoms with Gasteiger partial charge in [0.25, 0.3) is 5.91 Å². The van der Waals surface area contributed by atoms with Crippen molar-refractivity contribution in [1.29, 1.82) is 0 Å². The molecule has 2 aromatic carbocycles. The average Bonchev–Trinajstić information content (AvgIpc) is 3.03. The molecule has 0 aliphatic carbocycles. The third-order valence-corrected chi connectivity index (χ3v) is 6.59. The van der Waals surface area contributed by atoms with Gasteiger partial charge in [0.15, 0.2) is 5.17 Å². The molecule has 31 heavy (non-hydrogen) atoms. The van der Waals surface area contributed by atoms with Crippen molar-refractivity contribution in [3.8, 4) is 5.75 Å². The van der Waals surface area contributed by atoms with E-state index in [1.807, 2.05) is 51.1 Å². The molecule has 1 N–H and O–H groups in total. The van der Waals surface area contributed by atoms with E-state index in [2.05, 4.69) is 19.1 Å². The summed E-state index contributed by atoms with van der Waals surface area (Å²) < 4.78 is 5.82. The lowest BCUT2D eigenvalue weighted by Crippen LogP contribution is -2.30. The van der Waals surface area contributed by atoms with Crippen LogP contribution in [0.4, 0.5) is 5.69 Å². The number of nitrogens with zero attached hydrogens (tertiary/aromatic N) is 2. The Morgan fingerprint density at radius 2 is 2.10 bits per heavy atom. The van der Waals surface area contributed by atoms with Crippen molar-refractivity contribution in [2.45, 2.75) is 52.7 Å². The van der Waals surface area contributed by atoms with Crippen LogP contribution in [0.5, 0.6) is 5.75 Å². The van der Waals surface area contributed by atoms with E-state index >= 15 is 0 Å². The van der Waals surface area contributed by atoms with Gasteiger partial charge in [-0.2, -0.15) is 0 Å². The standard InChI is InChI=1S/C25H28N2O3S/c1-15(2)26-25-27(21-7-5-6-16(3)17(21)4)24(29)23(31-25)13-18-8-11-22-19(12-18)9-10-20(14-28)30-22/h5-8,11-13,15,20,28H,9-10,14H2,1-4H3/b23-13-,26-25?. The molecule has 1 saturated heterocycles. The number of aryl methyl sites for hydroxylation is 2. The Kier molecular flexibility index (Phi) is 6.21. The molecule has 0 radical (unpaired) electrons. The Hall–Kier alpha value is -2.57. The highest BCUT2D eigenvalue weighted by atomic mass is 32.2. The molecule has 6 heteroatoms. The van der Waals surface area contributed by atoms with E-state index < -0.39 is 0 Å². The molecule has 2 aliphatic heterocycles. The fraction of sp³-hybridized carbons (Fsp3) is 0.360. The Labute approximate surface area is 187 Å². The Balaban J connectivity index is 1.69. The molecule has 1 amide bonds. The summed E-state index contributed by atoms with van der Waals surface area (Å²) in [4.78, 5) is 20.6. The molecule has 5 nitrogen and oxygen atoms in total.